The molecular weight excluding hydrogens is 399 g/mol. The number of hydrogen-bond donors (Lipinski definition) is 0. The molecule has 0 saturated carbocycles. The Hall–Kier alpha value is -2.64. The fourth-order valence-electron chi connectivity index (χ4n) is 3.83. The number of thiazole rings is 1. The van der Waals surface area contributed by atoms with Crippen LogP contribution in [0.3, 0.4) is 0 Å². The molecule has 30 heavy (non-hydrogen) atoms. The number of likely N-dealkylation sites (tertiary alicyclic amines) is 1. The van der Waals surface area contributed by atoms with Crippen molar-refractivity contribution in [3.63, 3.8) is 0 Å². The van der Waals surface area contributed by atoms with Crippen molar-refractivity contribution in [2.24, 2.45) is 0 Å². The van der Waals surface area contributed by atoms with Gasteiger partial charge in [-0.15, -0.1) is 11.3 Å². The zero-order chi connectivity index (χ0) is 20.9. The Balaban J connectivity index is 1.31. The van der Waals surface area contributed by atoms with Crippen molar-refractivity contribution in [3.8, 4) is 10.6 Å². The average molecular weight is 425 g/mol. The second kappa shape index (κ2) is 9.45. The minimum Gasteiger partial charge on any atom is -0.337 e. The second-order valence-electron chi connectivity index (χ2n) is 7.58. The molecular formula is C23H25FN4OS. The Morgan fingerprint density at radius 1 is 1.20 bits per heavy atom. The van der Waals surface area contributed by atoms with E-state index in [-0.39, 0.29) is 17.8 Å². The molecule has 3 heterocycles. The highest BCUT2D eigenvalue weighted by Crippen LogP contribution is 2.27. The fourth-order valence-corrected chi connectivity index (χ4v) is 4.65. The minimum absolute atomic E-state index is 0.0965. The lowest BCUT2D eigenvalue weighted by atomic mass is 10.0. The van der Waals surface area contributed by atoms with Crippen molar-refractivity contribution in [3.05, 3.63) is 71.2 Å². The first-order valence-corrected chi connectivity index (χ1v) is 11.1. The SMILES string of the molecule is CN(C(=O)c1csc(-c2ccccc2F)n1)C1CCN(CCc2ccccn2)CC1. The van der Waals surface area contributed by atoms with Gasteiger partial charge in [-0.3, -0.25) is 9.78 Å². The Morgan fingerprint density at radius 3 is 2.70 bits per heavy atom. The summed E-state index contributed by atoms with van der Waals surface area (Å²) < 4.78 is 14.0. The van der Waals surface area contributed by atoms with Gasteiger partial charge in [0.15, 0.2) is 0 Å². The third-order valence-corrected chi connectivity index (χ3v) is 6.54. The zero-order valence-corrected chi connectivity index (χ0v) is 17.8. The van der Waals surface area contributed by atoms with Crippen LogP contribution in [0.25, 0.3) is 10.6 Å². The van der Waals surface area contributed by atoms with Crippen LogP contribution in [-0.4, -0.2) is 58.4 Å². The molecule has 1 aromatic carbocycles. The molecule has 1 aliphatic heterocycles. The molecule has 0 spiro atoms. The smallest absolute Gasteiger partial charge is 0.273 e. The standard InChI is InChI=1S/C23H25FN4OS/c1-27(18-10-14-28(15-11-18)13-9-17-6-4-5-12-25-17)23(29)21-16-30-22(26-21)19-7-2-3-8-20(19)24/h2-8,12,16,18H,9-11,13-15H2,1H3. The molecule has 1 fully saturated rings. The predicted molar refractivity (Wildman–Crippen MR) is 117 cm³/mol. The third kappa shape index (κ3) is 4.74. The number of carbonyl (C=O) groups excluding carboxylic acids is 1. The van der Waals surface area contributed by atoms with Crippen molar-refractivity contribution >= 4 is 17.2 Å². The molecule has 0 aliphatic carbocycles. The molecule has 0 unspecified atom stereocenters. The van der Waals surface area contributed by atoms with E-state index < -0.39 is 0 Å². The van der Waals surface area contributed by atoms with Crippen LogP contribution in [0.4, 0.5) is 4.39 Å². The van der Waals surface area contributed by atoms with E-state index in [2.05, 4.69) is 20.9 Å². The van der Waals surface area contributed by atoms with Crippen LogP contribution < -0.4 is 0 Å². The van der Waals surface area contributed by atoms with Gasteiger partial charge in [-0.25, -0.2) is 9.37 Å². The van der Waals surface area contributed by atoms with E-state index in [0.717, 1.165) is 44.6 Å². The number of piperidine rings is 1. The van der Waals surface area contributed by atoms with Gasteiger partial charge < -0.3 is 9.80 Å². The van der Waals surface area contributed by atoms with Crippen molar-refractivity contribution in [2.75, 3.05) is 26.7 Å². The number of halogens is 1. The van der Waals surface area contributed by atoms with Crippen molar-refractivity contribution in [1.29, 1.82) is 0 Å². The van der Waals surface area contributed by atoms with Gasteiger partial charge in [0.2, 0.25) is 0 Å². The summed E-state index contributed by atoms with van der Waals surface area (Å²) in [7, 11) is 1.85. The molecule has 4 rings (SSSR count). The Kier molecular flexibility index (Phi) is 6.50. The molecule has 7 heteroatoms. The van der Waals surface area contributed by atoms with E-state index in [0.29, 0.717) is 16.3 Å². The molecule has 0 radical (unpaired) electrons. The van der Waals surface area contributed by atoms with E-state index in [1.165, 1.54) is 17.4 Å². The van der Waals surface area contributed by atoms with Gasteiger partial charge in [0, 0.05) is 62.0 Å². The lowest BCUT2D eigenvalue weighted by Gasteiger charge is -2.36. The molecule has 1 saturated heterocycles. The molecule has 156 valence electrons. The summed E-state index contributed by atoms with van der Waals surface area (Å²) in [5.74, 6) is -0.418. The Bertz CT molecular complexity index is 986. The van der Waals surface area contributed by atoms with Crippen molar-refractivity contribution < 1.29 is 9.18 Å². The quantitative estimate of drug-likeness (QED) is 0.597. The fraction of sp³-hybridized carbons (Fsp3) is 0.348. The van der Waals surface area contributed by atoms with Crippen LogP contribution in [0.5, 0.6) is 0 Å². The molecule has 5 nitrogen and oxygen atoms in total. The lowest BCUT2D eigenvalue weighted by molar-refractivity contribution is 0.0638. The normalized spacial score (nSPS) is 15.3. The number of carbonyl (C=O) groups is 1. The zero-order valence-electron chi connectivity index (χ0n) is 17.0. The van der Waals surface area contributed by atoms with Gasteiger partial charge in [-0.05, 0) is 37.1 Å². The maximum absolute atomic E-state index is 14.0. The third-order valence-electron chi connectivity index (χ3n) is 5.66. The van der Waals surface area contributed by atoms with E-state index >= 15 is 0 Å². The van der Waals surface area contributed by atoms with Crippen LogP contribution in [0.1, 0.15) is 29.0 Å². The van der Waals surface area contributed by atoms with E-state index in [9.17, 15) is 9.18 Å². The lowest BCUT2D eigenvalue weighted by Crippen LogP contribution is -2.46. The summed E-state index contributed by atoms with van der Waals surface area (Å²) in [6.07, 6.45) is 4.65. The topological polar surface area (TPSA) is 49.3 Å². The van der Waals surface area contributed by atoms with Gasteiger partial charge in [0.1, 0.15) is 16.5 Å². The molecule has 1 amide bonds. The molecule has 0 N–H and O–H groups in total. The molecule has 1 aliphatic rings. The first-order chi connectivity index (χ1) is 14.6. The van der Waals surface area contributed by atoms with E-state index in [1.54, 1.807) is 28.5 Å². The summed E-state index contributed by atoms with van der Waals surface area (Å²) in [4.78, 5) is 25.9. The van der Waals surface area contributed by atoms with Crippen LogP contribution >= 0.6 is 11.3 Å². The van der Waals surface area contributed by atoms with Gasteiger partial charge in [0.05, 0.1) is 0 Å². The molecule has 2 aromatic heterocycles. The molecule has 0 atom stereocenters. The van der Waals surface area contributed by atoms with Gasteiger partial charge in [0.25, 0.3) is 5.91 Å². The first-order valence-electron chi connectivity index (χ1n) is 10.2. The van der Waals surface area contributed by atoms with Crippen LogP contribution in [0.15, 0.2) is 54.0 Å². The van der Waals surface area contributed by atoms with Gasteiger partial charge in [-0.2, -0.15) is 0 Å². The maximum Gasteiger partial charge on any atom is 0.273 e. The highest BCUT2D eigenvalue weighted by atomic mass is 32.1. The van der Waals surface area contributed by atoms with E-state index in [1.807, 2.05) is 25.4 Å². The molecule has 3 aromatic rings. The number of nitrogens with zero attached hydrogens (tertiary/aromatic N) is 4. The number of benzene rings is 1. The summed E-state index contributed by atoms with van der Waals surface area (Å²) in [5, 5.41) is 2.26. The van der Waals surface area contributed by atoms with Crippen molar-refractivity contribution in [1.82, 2.24) is 19.8 Å². The highest BCUT2D eigenvalue weighted by molar-refractivity contribution is 7.13. The summed E-state index contributed by atoms with van der Waals surface area (Å²) in [6.45, 7) is 2.92. The average Bonchev–Trinajstić information content (AvgIpc) is 3.28. The van der Waals surface area contributed by atoms with Gasteiger partial charge >= 0.3 is 0 Å². The van der Waals surface area contributed by atoms with E-state index in [4.69, 9.17) is 0 Å². The minimum atomic E-state index is -0.322. The van der Waals surface area contributed by atoms with Crippen LogP contribution in [-0.2, 0) is 6.42 Å². The number of pyridine rings is 1. The predicted octanol–water partition coefficient (Wildman–Crippen LogP) is 4.12. The number of aromatic nitrogens is 2. The largest absolute Gasteiger partial charge is 0.337 e. The Morgan fingerprint density at radius 2 is 1.97 bits per heavy atom. The first kappa shape index (κ1) is 20.6. The molecule has 0 bridgehead atoms. The summed E-state index contributed by atoms with van der Waals surface area (Å²) in [5.41, 5.74) is 1.94. The van der Waals surface area contributed by atoms with Crippen molar-refractivity contribution in [2.45, 2.75) is 25.3 Å². The van der Waals surface area contributed by atoms with Crippen LogP contribution in [0, 0.1) is 5.82 Å². The maximum atomic E-state index is 14.0. The summed E-state index contributed by atoms with van der Waals surface area (Å²) >= 11 is 1.30. The highest BCUT2D eigenvalue weighted by Gasteiger charge is 2.27. The number of hydrogen-bond acceptors (Lipinski definition) is 5. The monoisotopic (exact) mass is 424 g/mol. The second-order valence-corrected chi connectivity index (χ2v) is 8.44. The summed E-state index contributed by atoms with van der Waals surface area (Å²) in [6, 6.07) is 12.7. The number of rotatable bonds is 6. The van der Waals surface area contributed by atoms with Crippen LogP contribution in [0.2, 0.25) is 0 Å². The number of amides is 1. The van der Waals surface area contributed by atoms with Gasteiger partial charge in [-0.1, -0.05) is 18.2 Å². The Labute approximate surface area is 180 Å².